The van der Waals surface area contributed by atoms with E-state index in [1.165, 1.54) is 5.56 Å². The Labute approximate surface area is 79.0 Å². The first-order valence-electron chi connectivity index (χ1n) is 4.29. The molecule has 0 amide bonds. The van der Waals surface area contributed by atoms with Gasteiger partial charge in [-0.2, -0.15) is 0 Å². The Hall–Kier alpha value is -1.28. The van der Waals surface area contributed by atoms with Crippen LogP contribution in [0.4, 0.5) is 0 Å². The van der Waals surface area contributed by atoms with Crippen LogP contribution in [-0.4, -0.2) is 13.7 Å². The Morgan fingerprint density at radius 3 is 2.85 bits per heavy atom. The van der Waals surface area contributed by atoms with Gasteiger partial charge in [0, 0.05) is 12.1 Å². The summed E-state index contributed by atoms with van der Waals surface area (Å²) in [5.74, 6) is 0.893. The summed E-state index contributed by atoms with van der Waals surface area (Å²) in [6.45, 7) is 2.61. The van der Waals surface area contributed by atoms with Crippen molar-refractivity contribution in [2.45, 2.75) is 6.92 Å². The second kappa shape index (κ2) is 4.67. The Morgan fingerprint density at radius 1 is 1.46 bits per heavy atom. The summed E-state index contributed by atoms with van der Waals surface area (Å²) in [6, 6.07) is 5.98. The normalized spacial score (nSPS) is 10.7. The maximum Gasteiger partial charge on any atom is 0.126 e. The standard InChI is InChI=1S/C11H15NO/c1-9-5-3-7-11(13-2)10(9)6-4-8-12/h3-7H,8,12H2,1-2H3/b6-4+. The van der Waals surface area contributed by atoms with E-state index < -0.39 is 0 Å². The largest absolute Gasteiger partial charge is 0.496 e. The lowest BCUT2D eigenvalue weighted by Crippen LogP contribution is -1.94. The van der Waals surface area contributed by atoms with Crippen molar-refractivity contribution in [2.24, 2.45) is 5.73 Å². The minimum Gasteiger partial charge on any atom is -0.496 e. The van der Waals surface area contributed by atoms with Crippen LogP contribution in [0.5, 0.6) is 5.75 Å². The predicted octanol–water partition coefficient (Wildman–Crippen LogP) is 1.98. The fourth-order valence-corrected chi connectivity index (χ4v) is 1.23. The van der Waals surface area contributed by atoms with E-state index in [-0.39, 0.29) is 0 Å². The first-order chi connectivity index (χ1) is 6.29. The quantitative estimate of drug-likeness (QED) is 0.766. The van der Waals surface area contributed by atoms with Gasteiger partial charge in [0.1, 0.15) is 5.75 Å². The van der Waals surface area contributed by atoms with Crippen LogP contribution < -0.4 is 10.5 Å². The molecule has 1 rings (SSSR count). The molecule has 0 bridgehead atoms. The van der Waals surface area contributed by atoms with Crippen LogP contribution in [0.15, 0.2) is 24.3 Å². The van der Waals surface area contributed by atoms with E-state index in [2.05, 4.69) is 13.0 Å². The molecule has 0 heterocycles. The van der Waals surface area contributed by atoms with Crippen molar-refractivity contribution in [1.29, 1.82) is 0 Å². The molecule has 0 aliphatic heterocycles. The SMILES string of the molecule is COc1cccc(C)c1/C=C/CN. The van der Waals surface area contributed by atoms with E-state index >= 15 is 0 Å². The van der Waals surface area contributed by atoms with Crippen molar-refractivity contribution in [3.63, 3.8) is 0 Å². The van der Waals surface area contributed by atoms with Gasteiger partial charge in [0.05, 0.1) is 7.11 Å². The van der Waals surface area contributed by atoms with Crippen molar-refractivity contribution in [2.75, 3.05) is 13.7 Å². The lowest BCUT2D eigenvalue weighted by atomic mass is 10.1. The van der Waals surface area contributed by atoms with Gasteiger partial charge in [0.15, 0.2) is 0 Å². The number of benzene rings is 1. The molecule has 0 fully saturated rings. The highest BCUT2D eigenvalue weighted by atomic mass is 16.5. The van der Waals surface area contributed by atoms with Crippen LogP contribution in [0.2, 0.25) is 0 Å². The summed E-state index contributed by atoms with van der Waals surface area (Å²) < 4.78 is 5.23. The van der Waals surface area contributed by atoms with Crippen LogP contribution >= 0.6 is 0 Å². The molecule has 1 aromatic rings. The lowest BCUT2D eigenvalue weighted by molar-refractivity contribution is 0.413. The van der Waals surface area contributed by atoms with Crippen molar-refractivity contribution in [3.05, 3.63) is 35.4 Å². The lowest BCUT2D eigenvalue weighted by Gasteiger charge is -2.06. The highest BCUT2D eigenvalue weighted by Crippen LogP contribution is 2.22. The van der Waals surface area contributed by atoms with Gasteiger partial charge in [-0.15, -0.1) is 0 Å². The molecule has 2 heteroatoms. The van der Waals surface area contributed by atoms with Gasteiger partial charge in [-0.05, 0) is 18.6 Å². The number of ether oxygens (including phenoxy) is 1. The highest BCUT2D eigenvalue weighted by molar-refractivity contribution is 5.61. The van der Waals surface area contributed by atoms with Gasteiger partial charge in [-0.3, -0.25) is 0 Å². The summed E-state index contributed by atoms with van der Waals surface area (Å²) >= 11 is 0. The van der Waals surface area contributed by atoms with Gasteiger partial charge in [-0.1, -0.05) is 24.3 Å². The minimum atomic E-state index is 0.553. The van der Waals surface area contributed by atoms with Crippen molar-refractivity contribution in [1.82, 2.24) is 0 Å². The summed E-state index contributed by atoms with van der Waals surface area (Å²) in [5.41, 5.74) is 7.70. The maximum atomic E-state index is 5.39. The van der Waals surface area contributed by atoms with E-state index in [4.69, 9.17) is 10.5 Å². The summed E-state index contributed by atoms with van der Waals surface area (Å²) in [4.78, 5) is 0. The topological polar surface area (TPSA) is 35.2 Å². The Bertz CT molecular complexity index is 305. The summed E-state index contributed by atoms with van der Waals surface area (Å²) in [5, 5.41) is 0. The third kappa shape index (κ3) is 2.33. The van der Waals surface area contributed by atoms with Gasteiger partial charge in [0.25, 0.3) is 0 Å². The molecule has 1 aromatic carbocycles. The third-order valence-electron chi connectivity index (χ3n) is 1.92. The molecule has 0 atom stereocenters. The van der Waals surface area contributed by atoms with E-state index in [1.54, 1.807) is 7.11 Å². The van der Waals surface area contributed by atoms with Crippen molar-refractivity contribution in [3.8, 4) is 5.75 Å². The molecule has 0 unspecified atom stereocenters. The Kier molecular flexibility index (Phi) is 3.53. The molecule has 0 radical (unpaired) electrons. The van der Waals surface area contributed by atoms with Crippen LogP contribution in [-0.2, 0) is 0 Å². The fourth-order valence-electron chi connectivity index (χ4n) is 1.23. The zero-order valence-corrected chi connectivity index (χ0v) is 8.08. The second-order valence-electron chi connectivity index (χ2n) is 2.83. The molecule has 0 aromatic heterocycles. The van der Waals surface area contributed by atoms with Crippen molar-refractivity contribution >= 4 is 6.08 Å². The van der Waals surface area contributed by atoms with Crippen molar-refractivity contribution < 1.29 is 4.74 Å². The van der Waals surface area contributed by atoms with E-state index in [0.717, 1.165) is 11.3 Å². The number of methoxy groups -OCH3 is 1. The van der Waals surface area contributed by atoms with Gasteiger partial charge in [-0.25, -0.2) is 0 Å². The van der Waals surface area contributed by atoms with Gasteiger partial charge < -0.3 is 10.5 Å². The second-order valence-corrected chi connectivity index (χ2v) is 2.83. The molecule has 13 heavy (non-hydrogen) atoms. The van der Waals surface area contributed by atoms with Crippen LogP contribution in [0.25, 0.3) is 6.08 Å². The molecule has 0 saturated carbocycles. The molecular weight excluding hydrogens is 162 g/mol. The summed E-state index contributed by atoms with van der Waals surface area (Å²) in [7, 11) is 1.68. The first kappa shape index (κ1) is 9.81. The smallest absolute Gasteiger partial charge is 0.126 e. The predicted molar refractivity (Wildman–Crippen MR) is 55.8 cm³/mol. The zero-order chi connectivity index (χ0) is 9.68. The monoisotopic (exact) mass is 177 g/mol. The van der Waals surface area contributed by atoms with Crippen LogP contribution in [0.1, 0.15) is 11.1 Å². The number of nitrogens with two attached hydrogens (primary N) is 1. The zero-order valence-electron chi connectivity index (χ0n) is 8.08. The summed E-state index contributed by atoms with van der Waals surface area (Å²) in [6.07, 6.45) is 3.92. The maximum absolute atomic E-state index is 5.39. The number of rotatable bonds is 3. The highest BCUT2D eigenvalue weighted by Gasteiger charge is 2.00. The number of hydrogen-bond acceptors (Lipinski definition) is 2. The van der Waals surface area contributed by atoms with Gasteiger partial charge in [0.2, 0.25) is 0 Å². The van der Waals surface area contributed by atoms with Crippen LogP contribution in [0.3, 0.4) is 0 Å². The van der Waals surface area contributed by atoms with Gasteiger partial charge >= 0.3 is 0 Å². The average Bonchev–Trinajstić information content (AvgIpc) is 2.15. The molecule has 70 valence electrons. The first-order valence-corrected chi connectivity index (χ1v) is 4.29. The fraction of sp³-hybridized carbons (Fsp3) is 0.273. The van der Waals surface area contributed by atoms with E-state index in [1.807, 2.05) is 24.3 Å². The molecule has 0 aliphatic carbocycles. The van der Waals surface area contributed by atoms with E-state index in [0.29, 0.717) is 6.54 Å². The Morgan fingerprint density at radius 2 is 2.23 bits per heavy atom. The average molecular weight is 177 g/mol. The molecule has 0 spiro atoms. The molecule has 0 aliphatic rings. The molecule has 2 N–H and O–H groups in total. The van der Waals surface area contributed by atoms with Crippen LogP contribution in [0, 0.1) is 6.92 Å². The third-order valence-corrected chi connectivity index (χ3v) is 1.92. The minimum absolute atomic E-state index is 0.553. The molecule has 2 nitrogen and oxygen atoms in total. The molecule has 0 saturated heterocycles. The van der Waals surface area contributed by atoms with E-state index in [9.17, 15) is 0 Å². The number of aryl methyl sites for hydroxylation is 1. The molecular formula is C11H15NO. The number of hydrogen-bond donors (Lipinski definition) is 1. The Balaban J connectivity index is 3.07.